The molecule has 0 saturated carbocycles. The van der Waals surface area contributed by atoms with Crippen LogP contribution in [-0.2, 0) is 6.61 Å². The summed E-state index contributed by atoms with van der Waals surface area (Å²) < 4.78 is 42.9. The van der Waals surface area contributed by atoms with Gasteiger partial charge >= 0.3 is 6.36 Å². The second-order valence-corrected chi connectivity index (χ2v) is 8.01. The van der Waals surface area contributed by atoms with Crippen LogP contribution in [0.15, 0.2) is 48.2 Å². The third kappa shape index (κ3) is 3.74. The van der Waals surface area contributed by atoms with Crippen LogP contribution in [0.1, 0.15) is 30.0 Å². The zero-order valence-electron chi connectivity index (χ0n) is 17.0. The molecule has 32 heavy (non-hydrogen) atoms. The van der Waals surface area contributed by atoms with Crippen LogP contribution in [0.25, 0.3) is 16.7 Å². The third-order valence-electron chi connectivity index (χ3n) is 5.98. The zero-order valence-corrected chi connectivity index (χ0v) is 17.0. The fraction of sp³-hybridized carbons (Fsp3) is 0.364. The van der Waals surface area contributed by atoms with Gasteiger partial charge in [-0.2, -0.15) is 5.10 Å². The summed E-state index contributed by atoms with van der Waals surface area (Å²) in [6.07, 6.45) is 0.175. The van der Waals surface area contributed by atoms with Crippen LogP contribution in [0.5, 0.6) is 5.75 Å². The quantitative estimate of drug-likeness (QED) is 0.566. The standard InChI is InChI=1S/C22H21F3N4O3/c23-22(24,25)32-17-6-4-16(5-7-17)29-20-18(14(12-30)8-9-26-20)19(27-29)15-10-28(11-15)21(31)13-2-1-3-13/h2,4-9,15,21,30-31H,1,3,10-12H2. The van der Waals surface area contributed by atoms with Gasteiger partial charge in [0.15, 0.2) is 5.65 Å². The predicted octanol–water partition coefficient (Wildman–Crippen LogP) is 3.25. The van der Waals surface area contributed by atoms with Crippen molar-refractivity contribution in [1.29, 1.82) is 0 Å². The van der Waals surface area contributed by atoms with Gasteiger partial charge in [0.25, 0.3) is 0 Å². The highest BCUT2D eigenvalue weighted by Crippen LogP contribution is 2.37. The molecule has 1 fully saturated rings. The fourth-order valence-corrected chi connectivity index (χ4v) is 4.19. The molecule has 10 heteroatoms. The van der Waals surface area contributed by atoms with E-state index in [2.05, 4.69) is 9.72 Å². The van der Waals surface area contributed by atoms with Crippen molar-refractivity contribution in [2.75, 3.05) is 13.1 Å². The number of aromatic nitrogens is 3. The molecule has 0 bridgehead atoms. The van der Waals surface area contributed by atoms with E-state index in [0.717, 1.165) is 29.5 Å². The lowest BCUT2D eigenvalue weighted by atomic mass is 9.89. The van der Waals surface area contributed by atoms with Crippen molar-refractivity contribution in [2.24, 2.45) is 0 Å². The number of allylic oxidation sites excluding steroid dienone is 1. The summed E-state index contributed by atoms with van der Waals surface area (Å²) >= 11 is 0. The van der Waals surface area contributed by atoms with Gasteiger partial charge in [-0.15, -0.1) is 13.2 Å². The van der Waals surface area contributed by atoms with Crippen LogP contribution in [0.2, 0.25) is 0 Å². The molecule has 1 aromatic carbocycles. The number of hydrogen-bond acceptors (Lipinski definition) is 6. The lowest BCUT2D eigenvalue weighted by molar-refractivity contribution is -0.274. The van der Waals surface area contributed by atoms with E-state index in [1.165, 1.54) is 24.3 Å². The minimum Gasteiger partial charge on any atom is -0.406 e. The van der Waals surface area contributed by atoms with Gasteiger partial charge in [-0.05, 0) is 54.3 Å². The number of alkyl halides is 3. The second kappa shape index (κ2) is 7.88. The first-order valence-corrected chi connectivity index (χ1v) is 10.3. The van der Waals surface area contributed by atoms with E-state index in [1.807, 2.05) is 11.0 Å². The molecule has 168 valence electrons. The molecule has 0 spiro atoms. The monoisotopic (exact) mass is 446 g/mol. The molecule has 2 aromatic heterocycles. The number of likely N-dealkylation sites (tertiary alicyclic amines) is 1. The number of hydrogen-bond donors (Lipinski definition) is 2. The SMILES string of the molecule is OCc1ccnc2c1c(C1CN(C(O)C3=CCC3)C1)nn2-c1ccc(OC(F)(F)F)cc1. The summed E-state index contributed by atoms with van der Waals surface area (Å²) in [5, 5.41) is 25.8. The number of halogens is 3. The van der Waals surface area contributed by atoms with Crippen LogP contribution >= 0.6 is 0 Å². The van der Waals surface area contributed by atoms with E-state index in [-0.39, 0.29) is 18.3 Å². The number of ether oxygens (including phenoxy) is 1. The number of aliphatic hydroxyl groups is 2. The van der Waals surface area contributed by atoms with Gasteiger partial charge in [0.1, 0.15) is 12.0 Å². The Labute approximate surface area is 181 Å². The molecule has 7 nitrogen and oxygen atoms in total. The molecular formula is C22H21F3N4O3. The molecule has 2 aliphatic rings. The summed E-state index contributed by atoms with van der Waals surface area (Å²) in [6, 6.07) is 7.12. The van der Waals surface area contributed by atoms with Crippen molar-refractivity contribution in [3.63, 3.8) is 0 Å². The lowest BCUT2D eigenvalue weighted by Gasteiger charge is -2.43. The van der Waals surface area contributed by atoms with Gasteiger partial charge in [-0.3, -0.25) is 4.90 Å². The lowest BCUT2D eigenvalue weighted by Crippen LogP contribution is -2.52. The summed E-state index contributed by atoms with van der Waals surface area (Å²) in [6.45, 7) is 1.04. The minimum atomic E-state index is -4.76. The maximum absolute atomic E-state index is 12.5. The Hall–Kier alpha value is -2.95. The van der Waals surface area contributed by atoms with Crippen molar-refractivity contribution in [3.05, 3.63) is 59.4 Å². The zero-order chi connectivity index (χ0) is 22.5. The molecule has 1 aliphatic carbocycles. The average Bonchev–Trinajstić information content (AvgIpc) is 3.04. The number of nitrogens with zero attached hydrogens (tertiary/aromatic N) is 4. The van der Waals surface area contributed by atoms with E-state index < -0.39 is 12.6 Å². The van der Waals surface area contributed by atoms with Crippen molar-refractivity contribution in [1.82, 2.24) is 19.7 Å². The number of pyridine rings is 1. The van der Waals surface area contributed by atoms with E-state index in [4.69, 9.17) is 5.10 Å². The van der Waals surface area contributed by atoms with Crippen molar-refractivity contribution >= 4 is 11.0 Å². The Balaban J connectivity index is 1.47. The second-order valence-electron chi connectivity index (χ2n) is 8.01. The van der Waals surface area contributed by atoms with Gasteiger partial charge in [0.2, 0.25) is 0 Å². The molecule has 3 aromatic rings. The number of rotatable bonds is 6. The maximum atomic E-state index is 12.5. The first kappa shape index (κ1) is 20.9. The van der Waals surface area contributed by atoms with E-state index >= 15 is 0 Å². The first-order chi connectivity index (χ1) is 15.3. The molecule has 3 heterocycles. The largest absolute Gasteiger partial charge is 0.573 e. The molecule has 1 saturated heterocycles. The Morgan fingerprint density at radius 2 is 1.88 bits per heavy atom. The van der Waals surface area contributed by atoms with Gasteiger partial charge in [-0.1, -0.05) is 6.08 Å². The molecule has 0 amide bonds. The van der Waals surface area contributed by atoms with E-state index in [0.29, 0.717) is 30.0 Å². The molecular weight excluding hydrogens is 425 g/mol. The Kier molecular flexibility index (Phi) is 5.15. The normalized spacial score (nSPS) is 18.2. The molecule has 1 atom stereocenters. The highest BCUT2D eigenvalue weighted by atomic mass is 19.4. The van der Waals surface area contributed by atoms with E-state index in [9.17, 15) is 23.4 Å². The van der Waals surface area contributed by atoms with Crippen LogP contribution < -0.4 is 4.74 Å². The Morgan fingerprint density at radius 1 is 1.16 bits per heavy atom. The van der Waals surface area contributed by atoms with Crippen molar-refractivity contribution in [2.45, 2.75) is 38.0 Å². The minimum absolute atomic E-state index is 0.0383. The summed E-state index contributed by atoms with van der Waals surface area (Å²) in [7, 11) is 0. The summed E-state index contributed by atoms with van der Waals surface area (Å²) in [4.78, 5) is 6.39. The Morgan fingerprint density at radius 3 is 2.47 bits per heavy atom. The average molecular weight is 446 g/mol. The molecule has 1 unspecified atom stereocenters. The maximum Gasteiger partial charge on any atom is 0.573 e. The Bertz CT molecular complexity index is 1170. The fourth-order valence-electron chi connectivity index (χ4n) is 4.19. The molecule has 5 rings (SSSR count). The number of fused-ring (bicyclic) bond motifs is 1. The number of benzene rings is 1. The highest BCUT2D eigenvalue weighted by molar-refractivity contribution is 5.84. The van der Waals surface area contributed by atoms with Gasteiger partial charge in [0, 0.05) is 30.6 Å². The van der Waals surface area contributed by atoms with E-state index in [1.54, 1.807) is 16.9 Å². The highest BCUT2D eigenvalue weighted by Gasteiger charge is 2.38. The van der Waals surface area contributed by atoms with Gasteiger partial charge < -0.3 is 14.9 Å². The van der Waals surface area contributed by atoms with Crippen LogP contribution in [0.4, 0.5) is 13.2 Å². The van der Waals surface area contributed by atoms with Gasteiger partial charge in [-0.25, -0.2) is 9.67 Å². The smallest absolute Gasteiger partial charge is 0.406 e. The topological polar surface area (TPSA) is 83.6 Å². The van der Waals surface area contributed by atoms with Crippen LogP contribution in [0.3, 0.4) is 0 Å². The summed E-state index contributed by atoms with van der Waals surface area (Å²) in [5.74, 6) is -0.285. The number of aliphatic hydroxyl groups excluding tert-OH is 2. The van der Waals surface area contributed by atoms with Crippen LogP contribution in [-0.4, -0.2) is 55.6 Å². The molecule has 2 N–H and O–H groups in total. The van der Waals surface area contributed by atoms with Crippen molar-refractivity contribution in [3.8, 4) is 11.4 Å². The van der Waals surface area contributed by atoms with Crippen LogP contribution in [0, 0.1) is 0 Å². The van der Waals surface area contributed by atoms with Gasteiger partial charge in [0.05, 0.1) is 18.0 Å². The molecule has 0 radical (unpaired) electrons. The first-order valence-electron chi connectivity index (χ1n) is 10.3. The van der Waals surface area contributed by atoms with Crippen molar-refractivity contribution < 1.29 is 28.1 Å². The third-order valence-corrected chi connectivity index (χ3v) is 5.98. The summed E-state index contributed by atoms with van der Waals surface area (Å²) in [5.41, 5.74) is 3.50. The molecule has 1 aliphatic heterocycles. The predicted molar refractivity (Wildman–Crippen MR) is 109 cm³/mol.